The van der Waals surface area contributed by atoms with Gasteiger partial charge in [0.25, 0.3) is 0 Å². The third-order valence-electron chi connectivity index (χ3n) is 3.30. The fourth-order valence-corrected chi connectivity index (χ4v) is 1.98. The summed E-state index contributed by atoms with van der Waals surface area (Å²) in [5.74, 6) is 1.57. The Morgan fingerprint density at radius 2 is 2.10 bits per heavy atom. The molecule has 5 nitrogen and oxygen atoms in total. The fraction of sp³-hybridized carbons (Fsp3) is 0.312. The molecule has 0 aliphatic heterocycles. The third-order valence-corrected chi connectivity index (χ3v) is 3.30. The van der Waals surface area contributed by atoms with Gasteiger partial charge in [-0.2, -0.15) is 0 Å². The van der Waals surface area contributed by atoms with Crippen LogP contribution in [-0.2, 0) is 6.54 Å². The molecule has 2 amide bonds. The molecular weight excluding hydrogens is 266 g/mol. The van der Waals surface area contributed by atoms with Crippen LogP contribution >= 0.6 is 0 Å². The second-order valence-corrected chi connectivity index (χ2v) is 4.96. The van der Waals surface area contributed by atoms with Crippen LogP contribution in [0.3, 0.4) is 0 Å². The van der Waals surface area contributed by atoms with E-state index in [-0.39, 0.29) is 12.1 Å². The highest BCUT2D eigenvalue weighted by Crippen LogP contribution is 2.16. The first-order chi connectivity index (χ1) is 10.1. The van der Waals surface area contributed by atoms with Crippen LogP contribution in [0.25, 0.3) is 0 Å². The molecule has 5 heteroatoms. The lowest BCUT2D eigenvalue weighted by Gasteiger charge is -2.12. The molecule has 0 aliphatic rings. The van der Waals surface area contributed by atoms with Crippen molar-refractivity contribution in [2.75, 3.05) is 12.4 Å². The zero-order valence-corrected chi connectivity index (χ0v) is 12.6. The topological polar surface area (TPSA) is 66.3 Å². The Bertz CT molecular complexity index is 607. The first-order valence-corrected chi connectivity index (χ1v) is 6.96. The Labute approximate surface area is 124 Å². The van der Waals surface area contributed by atoms with Crippen molar-refractivity contribution in [2.24, 2.45) is 0 Å². The van der Waals surface area contributed by atoms with Crippen molar-refractivity contribution in [3.05, 3.63) is 53.5 Å². The van der Waals surface area contributed by atoms with Crippen molar-refractivity contribution in [1.29, 1.82) is 0 Å². The number of carbonyl (C=O) groups excluding carboxylic acids is 1. The van der Waals surface area contributed by atoms with Crippen LogP contribution in [-0.4, -0.2) is 13.1 Å². The van der Waals surface area contributed by atoms with Crippen LogP contribution < -0.4 is 16.0 Å². The van der Waals surface area contributed by atoms with Crippen molar-refractivity contribution in [2.45, 2.75) is 26.4 Å². The minimum Gasteiger partial charge on any atom is -0.465 e. The van der Waals surface area contributed by atoms with Crippen LogP contribution in [0.1, 0.15) is 30.0 Å². The Hall–Kier alpha value is -2.27. The van der Waals surface area contributed by atoms with Gasteiger partial charge < -0.3 is 20.4 Å². The monoisotopic (exact) mass is 287 g/mol. The van der Waals surface area contributed by atoms with Gasteiger partial charge in [0, 0.05) is 11.7 Å². The van der Waals surface area contributed by atoms with E-state index in [9.17, 15) is 4.79 Å². The van der Waals surface area contributed by atoms with Gasteiger partial charge in [-0.15, -0.1) is 0 Å². The number of anilines is 1. The van der Waals surface area contributed by atoms with Crippen LogP contribution in [0.4, 0.5) is 10.5 Å². The van der Waals surface area contributed by atoms with Crippen molar-refractivity contribution < 1.29 is 9.21 Å². The van der Waals surface area contributed by atoms with Gasteiger partial charge in [0.2, 0.25) is 0 Å². The molecule has 0 fully saturated rings. The van der Waals surface area contributed by atoms with E-state index in [1.165, 1.54) is 0 Å². The molecule has 0 saturated carbocycles. The molecule has 2 rings (SSSR count). The number of amides is 2. The summed E-state index contributed by atoms with van der Waals surface area (Å²) < 4.78 is 5.40. The number of rotatable bonds is 5. The number of hydrogen-bond acceptors (Lipinski definition) is 3. The van der Waals surface area contributed by atoms with Gasteiger partial charge in [0.15, 0.2) is 0 Å². The summed E-state index contributed by atoms with van der Waals surface area (Å²) in [7, 11) is 1.91. The number of aryl methyl sites for hydroxylation is 1. The molecule has 1 atom stereocenters. The second-order valence-electron chi connectivity index (χ2n) is 4.96. The highest BCUT2D eigenvalue weighted by molar-refractivity contribution is 5.89. The molecule has 1 aromatic carbocycles. The summed E-state index contributed by atoms with van der Waals surface area (Å²) in [5.41, 5.74) is 1.89. The van der Waals surface area contributed by atoms with E-state index in [0.717, 1.165) is 22.8 Å². The minimum atomic E-state index is -0.252. The maximum Gasteiger partial charge on any atom is 0.319 e. The summed E-state index contributed by atoms with van der Waals surface area (Å²) >= 11 is 0. The normalized spacial score (nSPS) is 12.0. The predicted octanol–water partition coefficient (Wildman–Crippen LogP) is 3.19. The average Bonchev–Trinajstić information content (AvgIpc) is 2.90. The molecular formula is C16H21N3O2. The summed E-state index contributed by atoms with van der Waals surface area (Å²) in [6, 6.07) is 11.5. The molecule has 21 heavy (non-hydrogen) atoms. The highest BCUT2D eigenvalue weighted by Gasteiger charge is 2.06. The zero-order valence-electron chi connectivity index (χ0n) is 12.6. The number of carbonyl (C=O) groups is 1. The Morgan fingerprint density at radius 1 is 1.29 bits per heavy atom. The maximum absolute atomic E-state index is 11.9. The van der Waals surface area contributed by atoms with E-state index in [2.05, 4.69) is 22.9 Å². The Kier molecular flexibility index (Phi) is 5.00. The largest absolute Gasteiger partial charge is 0.465 e. The maximum atomic E-state index is 11.9. The highest BCUT2D eigenvalue weighted by atomic mass is 16.3. The van der Waals surface area contributed by atoms with Crippen molar-refractivity contribution in [3.8, 4) is 0 Å². The molecule has 0 bridgehead atoms. The van der Waals surface area contributed by atoms with Gasteiger partial charge in [-0.1, -0.05) is 12.1 Å². The zero-order chi connectivity index (χ0) is 15.2. The lowest BCUT2D eigenvalue weighted by Crippen LogP contribution is -2.28. The first kappa shape index (κ1) is 15.1. The lowest BCUT2D eigenvalue weighted by molar-refractivity contribution is 0.250. The van der Waals surface area contributed by atoms with Crippen molar-refractivity contribution >= 4 is 11.7 Å². The second kappa shape index (κ2) is 6.95. The van der Waals surface area contributed by atoms with E-state index in [1.807, 2.05) is 50.4 Å². The fourth-order valence-electron chi connectivity index (χ4n) is 1.98. The van der Waals surface area contributed by atoms with Crippen LogP contribution in [0.2, 0.25) is 0 Å². The molecule has 1 heterocycles. The summed E-state index contributed by atoms with van der Waals surface area (Å²) in [6.07, 6.45) is 0. The Balaban J connectivity index is 1.90. The molecule has 1 unspecified atom stereocenters. The Morgan fingerprint density at radius 3 is 2.76 bits per heavy atom. The first-order valence-electron chi connectivity index (χ1n) is 6.96. The molecule has 0 spiro atoms. The van der Waals surface area contributed by atoms with Crippen molar-refractivity contribution in [1.82, 2.24) is 10.6 Å². The number of hydrogen-bond donors (Lipinski definition) is 3. The standard InChI is InChI=1S/C16H21N3O2/c1-11-7-8-15(21-11)10-18-16(20)19-14-6-4-5-13(9-14)12(2)17-3/h4-9,12,17H,10H2,1-3H3,(H2,18,19,20). The number of nitrogens with one attached hydrogen (secondary N) is 3. The lowest BCUT2D eigenvalue weighted by atomic mass is 10.1. The molecule has 0 aliphatic carbocycles. The third kappa shape index (κ3) is 4.36. The molecule has 0 saturated heterocycles. The smallest absolute Gasteiger partial charge is 0.319 e. The van der Waals surface area contributed by atoms with Gasteiger partial charge in [0.05, 0.1) is 6.54 Å². The predicted molar refractivity (Wildman–Crippen MR) is 83.2 cm³/mol. The molecule has 2 aromatic rings. The van der Waals surface area contributed by atoms with Crippen molar-refractivity contribution in [3.63, 3.8) is 0 Å². The molecule has 3 N–H and O–H groups in total. The molecule has 112 valence electrons. The minimum absolute atomic E-state index is 0.237. The van der Waals surface area contributed by atoms with Gasteiger partial charge in [0.1, 0.15) is 11.5 Å². The van der Waals surface area contributed by atoms with E-state index >= 15 is 0 Å². The average molecular weight is 287 g/mol. The van der Waals surface area contributed by atoms with Crippen LogP contribution in [0, 0.1) is 6.92 Å². The number of urea groups is 1. The van der Waals surface area contributed by atoms with Crippen LogP contribution in [0.5, 0.6) is 0 Å². The van der Waals surface area contributed by atoms with Gasteiger partial charge in [-0.3, -0.25) is 0 Å². The summed E-state index contributed by atoms with van der Waals surface area (Å²) in [5, 5.41) is 8.75. The van der Waals surface area contributed by atoms with Crippen LogP contribution in [0.15, 0.2) is 40.8 Å². The van der Waals surface area contributed by atoms with Gasteiger partial charge in [-0.05, 0) is 50.7 Å². The van der Waals surface area contributed by atoms with Gasteiger partial charge in [-0.25, -0.2) is 4.79 Å². The number of furan rings is 1. The molecule has 1 aromatic heterocycles. The van der Waals surface area contributed by atoms with E-state index < -0.39 is 0 Å². The van der Waals surface area contributed by atoms with E-state index in [1.54, 1.807) is 0 Å². The number of benzene rings is 1. The van der Waals surface area contributed by atoms with E-state index in [4.69, 9.17) is 4.42 Å². The quantitative estimate of drug-likeness (QED) is 0.791. The molecule has 0 radical (unpaired) electrons. The summed E-state index contributed by atoms with van der Waals surface area (Å²) in [6.45, 7) is 4.31. The van der Waals surface area contributed by atoms with E-state index in [0.29, 0.717) is 6.54 Å². The SMILES string of the molecule is CNC(C)c1cccc(NC(=O)NCc2ccc(C)o2)c1. The van der Waals surface area contributed by atoms with Gasteiger partial charge >= 0.3 is 6.03 Å². The summed E-state index contributed by atoms with van der Waals surface area (Å²) in [4.78, 5) is 11.9.